The molecule has 1 aliphatic carbocycles. The summed E-state index contributed by atoms with van der Waals surface area (Å²) in [6.07, 6.45) is 8.74. The third-order valence-electron chi connectivity index (χ3n) is 3.81. The van der Waals surface area contributed by atoms with Gasteiger partial charge in [-0.2, -0.15) is 0 Å². The number of aromatic carboxylic acids is 1. The summed E-state index contributed by atoms with van der Waals surface area (Å²) in [5.74, 6) is -0.235. The summed E-state index contributed by atoms with van der Waals surface area (Å²) in [7, 11) is 0. The standard InChI is InChI=1S/C15H16N2O2/c18-15(19)14-4-3-12-7-11(1-2-13(12)8-14)9-17-6-5-16-10-17/h3-6,8,10-11H,1-2,7,9H2,(H,18,19)/t11-/m1/s1. The molecule has 0 radical (unpaired) electrons. The van der Waals surface area contributed by atoms with Crippen LogP contribution < -0.4 is 0 Å². The summed E-state index contributed by atoms with van der Waals surface area (Å²) >= 11 is 0. The van der Waals surface area contributed by atoms with Gasteiger partial charge in [0, 0.05) is 18.9 Å². The van der Waals surface area contributed by atoms with E-state index >= 15 is 0 Å². The van der Waals surface area contributed by atoms with Crippen LogP contribution in [0.3, 0.4) is 0 Å². The number of imidazole rings is 1. The Labute approximate surface area is 111 Å². The maximum atomic E-state index is 11.0. The van der Waals surface area contributed by atoms with Crippen LogP contribution in [0.5, 0.6) is 0 Å². The topological polar surface area (TPSA) is 55.1 Å². The largest absolute Gasteiger partial charge is 0.478 e. The smallest absolute Gasteiger partial charge is 0.335 e. The van der Waals surface area contributed by atoms with Crippen LogP contribution in [0.15, 0.2) is 36.9 Å². The molecule has 0 saturated heterocycles. The molecular weight excluding hydrogens is 240 g/mol. The van der Waals surface area contributed by atoms with E-state index in [0.29, 0.717) is 11.5 Å². The molecule has 1 N–H and O–H groups in total. The van der Waals surface area contributed by atoms with Crippen molar-refractivity contribution < 1.29 is 9.90 Å². The lowest BCUT2D eigenvalue weighted by atomic mass is 9.83. The number of hydrogen-bond acceptors (Lipinski definition) is 2. The van der Waals surface area contributed by atoms with Gasteiger partial charge in [0.15, 0.2) is 0 Å². The molecule has 0 unspecified atom stereocenters. The van der Waals surface area contributed by atoms with Crippen molar-refractivity contribution in [3.05, 3.63) is 53.6 Å². The lowest BCUT2D eigenvalue weighted by Crippen LogP contribution is -2.19. The number of aryl methyl sites for hydroxylation is 1. The zero-order chi connectivity index (χ0) is 13.2. The number of carbonyl (C=O) groups is 1. The molecular formula is C15H16N2O2. The summed E-state index contributed by atoms with van der Waals surface area (Å²) in [5.41, 5.74) is 2.88. The van der Waals surface area contributed by atoms with Crippen LogP contribution in [0.1, 0.15) is 27.9 Å². The first-order valence-electron chi connectivity index (χ1n) is 6.53. The number of hydrogen-bond donors (Lipinski definition) is 1. The van der Waals surface area contributed by atoms with Gasteiger partial charge in [0.05, 0.1) is 11.9 Å². The number of carboxylic acid groups (broad SMARTS) is 1. The highest BCUT2D eigenvalue weighted by Crippen LogP contribution is 2.27. The number of rotatable bonds is 3. The van der Waals surface area contributed by atoms with Crippen molar-refractivity contribution in [3.63, 3.8) is 0 Å². The van der Waals surface area contributed by atoms with Crippen molar-refractivity contribution in [3.8, 4) is 0 Å². The fourth-order valence-corrected chi connectivity index (χ4v) is 2.81. The Morgan fingerprint density at radius 2 is 2.32 bits per heavy atom. The Morgan fingerprint density at radius 1 is 1.42 bits per heavy atom. The van der Waals surface area contributed by atoms with E-state index in [4.69, 9.17) is 5.11 Å². The SMILES string of the molecule is O=C(O)c1ccc2c(c1)CC[C@@H](Cn1ccnc1)C2. The molecule has 0 fully saturated rings. The maximum Gasteiger partial charge on any atom is 0.335 e. The fourth-order valence-electron chi connectivity index (χ4n) is 2.81. The van der Waals surface area contributed by atoms with E-state index in [-0.39, 0.29) is 0 Å². The lowest BCUT2D eigenvalue weighted by molar-refractivity contribution is 0.0696. The van der Waals surface area contributed by atoms with Crippen LogP contribution in [0, 0.1) is 5.92 Å². The molecule has 1 heterocycles. The average molecular weight is 256 g/mol. The molecule has 3 rings (SSSR count). The van der Waals surface area contributed by atoms with Crippen molar-refractivity contribution >= 4 is 5.97 Å². The van der Waals surface area contributed by atoms with Gasteiger partial charge in [-0.05, 0) is 48.4 Å². The van der Waals surface area contributed by atoms with E-state index in [1.165, 1.54) is 11.1 Å². The predicted molar refractivity (Wildman–Crippen MR) is 71.1 cm³/mol. The van der Waals surface area contributed by atoms with Gasteiger partial charge >= 0.3 is 5.97 Å². The highest BCUT2D eigenvalue weighted by molar-refractivity contribution is 5.87. The minimum absolute atomic E-state index is 0.395. The molecule has 1 aromatic carbocycles. The predicted octanol–water partition coefficient (Wildman–Crippen LogP) is 2.39. The summed E-state index contributed by atoms with van der Waals surface area (Å²) in [5, 5.41) is 9.00. The van der Waals surface area contributed by atoms with Crippen molar-refractivity contribution in [1.29, 1.82) is 0 Å². The monoisotopic (exact) mass is 256 g/mol. The molecule has 98 valence electrons. The highest BCUT2D eigenvalue weighted by atomic mass is 16.4. The molecule has 1 aromatic heterocycles. The molecule has 0 saturated carbocycles. The molecule has 1 aliphatic rings. The molecule has 2 aromatic rings. The number of benzene rings is 1. The number of aromatic nitrogens is 2. The van der Waals surface area contributed by atoms with Crippen LogP contribution in [0.4, 0.5) is 0 Å². The molecule has 4 nitrogen and oxygen atoms in total. The second-order valence-corrected chi connectivity index (χ2v) is 5.16. The molecule has 1 atom stereocenters. The number of fused-ring (bicyclic) bond motifs is 1. The Balaban J connectivity index is 1.75. The van der Waals surface area contributed by atoms with E-state index in [1.807, 2.05) is 24.7 Å². The van der Waals surface area contributed by atoms with Crippen molar-refractivity contribution in [2.45, 2.75) is 25.8 Å². The van der Waals surface area contributed by atoms with Gasteiger partial charge in [-0.25, -0.2) is 9.78 Å². The molecule has 4 heteroatoms. The van der Waals surface area contributed by atoms with Crippen molar-refractivity contribution in [2.75, 3.05) is 0 Å². The lowest BCUT2D eigenvalue weighted by Gasteiger charge is -2.25. The van der Waals surface area contributed by atoms with E-state index in [2.05, 4.69) is 9.55 Å². The Hall–Kier alpha value is -2.10. The third-order valence-corrected chi connectivity index (χ3v) is 3.81. The van der Waals surface area contributed by atoms with Crippen LogP contribution in [-0.4, -0.2) is 20.6 Å². The van der Waals surface area contributed by atoms with Crippen LogP contribution in [-0.2, 0) is 19.4 Å². The first-order chi connectivity index (χ1) is 9.22. The quantitative estimate of drug-likeness (QED) is 0.917. The molecule has 0 bridgehead atoms. The van der Waals surface area contributed by atoms with E-state index in [0.717, 1.165) is 25.8 Å². The normalized spacial score (nSPS) is 18.0. The van der Waals surface area contributed by atoms with Crippen molar-refractivity contribution in [2.24, 2.45) is 5.92 Å². The second kappa shape index (κ2) is 4.88. The Bertz CT molecular complexity index is 590. The minimum atomic E-state index is -0.844. The van der Waals surface area contributed by atoms with Gasteiger partial charge in [0.2, 0.25) is 0 Å². The zero-order valence-corrected chi connectivity index (χ0v) is 10.6. The van der Waals surface area contributed by atoms with Gasteiger partial charge in [-0.1, -0.05) is 6.07 Å². The number of carboxylic acids is 1. The zero-order valence-electron chi connectivity index (χ0n) is 10.6. The first kappa shape index (κ1) is 12.0. The fraction of sp³-hybridized carbons (Fsp3) is 0.333. The van der Waals surface area contributed by atoms with E-state index in [1.54, 1.807) is 12.3 Å². The maximum absolute atomic E-state index is 11.0. The van der Waals surface area contributed by atoms with Gasteiger partial charge in [0.25, 0.3) is 0 Å². The summed E-state index contributed by atoms with van der Waals surface area (Å²) in [4.78, 5) is 15.0. The molecule has 19 heavy (non-hydrogen) atoms. The third kappa shape index (κ3) is 2.52. The second-order valence-electron chi connectivity index (χ2n) is 5.16. The van der Waals surface area contributed by atoms with Gasteiger partial charge < -0.3 is 9.67 Å². The highest BCUT2D eigenvalue weighted by Gasteiger charge is 2.20. The minimum Gasteiger partial charge on any atom is -0.478 e. The van der Waals surface area contributed by atoms with Crippen molar-refractivity contribution in [1.82, 2.24) is 9.55 Å². The molecule has 0 spiro atoms. The van der Waals surface area contributed by atoms with E-state index in [9.17, 15) is 4.79 Å². The number of nitrogens with zero attached hydrogens (tertiary/aromatic N) is 2. The molecule has 0 aliphatic heterocycles. The van der Waals surface area contributed by atoms with Gasteiger partial charge in [0.1, 0.15) is 0 Å². The molecule has 0 amide bonds. The van der Waals surface area contributed by atoms with Crippen LogP contribution in [0.25, 0.3) is 0 Å². The first-order valence-corrected chi connectivity index (χ1v) is 6.53. The summed E-state index contributed by atoms with van der Waals surface area (Å²) in [6.45, 7) is 0.986. The van der Waals surface area contributed by atoms with Crippen LogP contribution >= 0.6 is 0 Å². The summed E-state index contributed by atoms with van der Waals surface area (Å²) in [6, 6.07) is 5.50. The van der Waals surface area contributed by atoms with Gasteiger partial charge in [-0.3, -0.25) is 0 Å². The van der Waals surface area contributed by atoms with Gasteiger partial charge in [-0.15, -0.1) is 0 Å². The Morgan fingerprint density at radius 3 is 3.05 bits per heavy atom. The van der Waals surface area contributed by atoms with E-state index < -0.39 is 5.97 Å². The summed E-state index contributed by atoms with van der Waals surface area (Å²) < 4.78 is 2.11. The van der Waals surface area contributed by atoms with Crippen LogP contribution in [0.2, 0.25) is 0 Å². The Kier molecular flexibility index (Phi) is 3.07. The average Bonchev–Trinajstić information content (AvgIpc) is 2.91.